The monoisotopic (exact) mass is 270 g/mol. The van der Waals surface area contributed by atoms with E-state index in [-0.39, 0.29) is 6.54 Å². The van der Waals surface area contributed by atoms with Crippen LogP contribution in [0.25, 0.3) is 0 Å². The molecule has 0 saturated heterocycles. The van der Waals surface area contributed by atoms with Gasteiger partial charge in [0.15, 0.2) is 5.82 Å². The lowest BCUT2D eigenvalue weighted by atomic mass is 10.5. The van der Waals surface area contributed by atoms with E-state index in [9.17, 15) is 4.79 Å². The molecule has 2 aromatic heterocycles. The van der Waals surface area contributed by atoms with Crippen molar-refractivity contribution in [3.05, 3.63) is 11.7 Å². The molecule has 0 spiro atoms. The zero-order valence-electron chi connectivity index (χ0n) is 9.48. The molecule has 0 radical (unpaired) electrons. The van der Waals surface area contributed by atoms with Crippen LogP contribution in [0.5, 0.6) is 0 Å². The molecule has 2 rings (SSSR count). The molecule has 0 aliphatic rings. The molecule has 96 valence electrons. The summed E-state index contributed by atoms with van der Waals surface area (Å²) < 4.78 is 6.15. The number of thioether (sulfide) groups is 1. The maximum atomic E-state index is 10.6. The molecule has 9 nitrogen and oxygen atoms in total. The lowest BCUT2D eigenvalue weighted by Crippen LogP contribution is -2.11. The minimum atomic E-state index is -1.00. The highest BCUT2D eigenvalue weighted by molar-refractivity contribution is 7.98. The van der Waals surface area contributed by atoms with Gasteiger partial charge in [0.2, 0.25) is 11.0 Å². The van der Waals surface area contributed by atoms with Crippen LogP contribution in [-0.2, 0) is 23.5 Å². The van der Waals surface area contributed by atoms with Crippen LogP contribution in [0.1, 0.15) is 18.6 Å². The van der Waals surface area contributed by atoms with E-state index < -0.39 is 5.97 Å². The van der Waals surface area contributed by atoms with Gasteiger partial charge in [0, 0.05) is 6.42 Å². The van der Waals surface area contributed by atoms with Gasteiger partial charge in [0.25, 0.3) is 0 Å². The fraction of sp³-hybridized carbons (Fsp3) is 0.500. The lowest BCUT2D eigenvalue weighted by molar-refractivity contribution is -0.138. The predicted octanol–water partition coefficient (Wildman–Crippen LogP) is -0.00460. The van der Waals surface area contributed by atoms with Gasteiger partial charge in [0.05, 0.1) is 5.75 Å². The number of aliphatic carboxylic acids is 1. The predicted molar refractivity (Wildman–Crippen MR) is 58.7 cm³/mol. The Morgan fingerprint density at radius 1 is 1.56 bits per heavy atom. The number of rotatable bonds is 6. The summed E-state index contributed by atoms with van der Waals surface area (Å²) >= 11 is 1.25. The molecule has 0 unspecified atom stereocenters. The van der Waals surface area contributed by atoms with Gasteiger partial charge >= 0.3 is 5.97 Å². The zero-order chi connectivity index (χ0) is 13.0. The number of nitrogens with zero attached hydrogens (tertiary/aromatic N) is 6. The smallest absolute Gasteiger partial charge is 0.325 e. The van der Waals surface area contributed by atoms with E-state index in [0.29, 0.717) is 29.0 Å². The summed E-state index contributed by atoms with van der Waals surface area (Å²) in [7, 11) is 0. The van der Waals surface area contributed by atoms with Crippen molar-refractivity contribution in [3.8, 4) is 0 Å². The fourth-order valence-electron chi connectivity index (χ4n) is 1.15. The van der Waals surface area contributed by atoms with Gasteiger partial charge in [-0.25, -0.2) is 4.68 Å². The third kappa shape index (κ3) is 3.03. The van der Waals surface area contributed by atoms with Crippen LogP contribution in [0, 0.1) is 0 Å². The summed E-state index contributed by atoms with van der Waals surface area (Å²) in [5.41, 5.74) is 0. The highest BCUT2D eigenvalue weighted by atomic mass is 32.2. The molecule has 0 amide bonds. The third-order valence-electron chi connectivity index (χ3n) is 1.93. The number of aromatic nitrogens is 6. The molecule has 2 aromatic rings. The van der Waals surface area contributed by atoms with Crippen LogP contribution in [0.4, 0.5) is 0 Å². The molecule has 10 heteroatoms. The molecule has 18 heavy (non-hydrogen) atoms. The first-order chi connectivity index (χ1) is 8.69. The summed E-state index contributed by atoms with van der Waals surface area (Å²) in [6, 6.07) is 0. The molecule has 0 aliphatic heterocycles. The van der Waals surface area contributed by atoms with Crippen LogP contribution in [0.2, 0.25) is 0 Å². The fourth-order valence-corrected chi connectivity index (χ4v) is 1.87. The summed E-state index contributed by atoms with van der Waals surface area (Å²) in [4.78, 5) is 14.7. The van der Waals surface area contributed by atoms with E-state index in [4.69, 9.17) is 9.63 Å². The van der Waals surface area contributed by atoms with Gasteiger partial charge in [-0.2, -0.15) is 4.98 Å². The van der Waals surface area contributed by atoms with Gasteiger partial charge in [-0.05, 0) is 10.4 Å². The zero-order valence-corrected chi connectivity index (χ0v) is 10.3. The average molecular weight is 270 g/mol. The quantitative estimate of drug-likeness (QED) is 0.722. The largest absolute Gasteiger partial charge is 0.480 e. The SMILES string of the molecule is CCc1nc(CSc2nnnn2CC(=O)O)no1. The van der Waals surface area contributed by atoms with Gasteiger partial charge in [0.1, 0.15) is 6.54 Å². The van der Waals surface area contributed by atoms with Crippen LogP contribution >= 0.6 is 11.8 Å². The number of aryl methyl sites for hydroxylation is 1. The third-order valence-corrected chi connectivity index (χ3v) is 2.88. The van der Waals surface area contributed by atoms with E-state index in [0.717, 1.165) is 0 Å². The highest BCUT2D eigenvalue weighted by Crippen LogP contribution is 2.18. The van der Waals surface area contributed by atoms with Gasteiger partial charge < -0.3 is 9.63 Å². The Morgan fingerprint density at radius 2 is 2.39 bits per heavy atom. The first-order valence-corrected chi connectivity index (χ1v) is 6.09. The number of carbonyl (C=O) groups is 1. The first-order valence-electron chi connectivity index (χ1n) is 5.11. The van der Waals surface area contributed by atoms with Crippen LogP contribution in [-0.4, -0.2) is 41.4 Å². The van der Waals surface area contributed by atoms with Crippen molar-refractivity contribution in [1.82, 2.24) is 30.3 Å². The number of hydrogen-bond acceptors (Lipinski definition) is 8. The maximum Gasteiger partial charge on any atom is 0.325 e. The molecule has 0 aliphatic carbocycles. The molecule has 0 saturated carbocycles. The molecule has 0 bridgehead atoms. The molecular weight excluding hydrogens is 260 g/mol. The van der Waals surface area contributed by atoms with E-state index >= 15 is 0 Å². The minimum Gasteiger partial charge on any atom is -0.480 e. The molecule has 0 aromatic carbocycles. The number of tetrazole rings is 1. The highest BCUT2D eigenvalue weighted by Gasteiger charge is 2.12. The number of carboxylic acid groups (broad SMARTS) is 1. The van der Waals surface area contributed by atoms with Gasteiger partial charge in [-0.15, -0.1) is 5.10 Å². The van der Waals surface area contributed by atoms with Crippen molar-refractivity contribution in [2.75, 3.05) is 0 Å². The van der Waals surface area contributed by atoms with E-state index in [1.54, 1.807) is 0 Å². The van der Waals surface area contributed by atoms with Crippen molar-refractivity contribution in [2.45, 2.75) is 30.8 Å². The Balaban J connectivity index is 1.97. The maximum absolute atomic E-state index is 10.6. The summed E-state index contributed by atoms with van der Waals surface area (Å²) in [6.07, 6.45) is 0.675. The van der Waals surface area contributed by atoms with Crippen molar-refractivity contribution < 1.29 is 14.4 Å². The summed E-state index contributed by atoms with van der Waals surface area (Å²) in [5, 5.41) is 23.6. The molecule has 0 fully saturated rings. The lowest BCUT2D eigenvalue weighted by Gasteiger charge is -1.98. The van der Waals surface area contributed by atoms with Crippen molar-refractivity contribution in [2.24, 2.45) is 0 Å². The number of carboxylic acids is 1. The standard InChI is InChI=1S/C8H10N6O3S/c1-2-6-9-5(11-17-6)4-18-8-10-12-13-14(8)3-7(15)16/h2-4H2,1H3,(H,15,16). The first kappa shape index (κ1) is 12.5. The Hall–Kier alpha value is -1.97. The second-order valence-corrected chi connectivity index (χ2v) is 4.20. The molecule has 1 N–H and O–H groups in total. The van der Waals surface area contributed by atoms with E-state index in [1.807, 2.05) is 6.92 Å². The Bertz CT molecular complexity index is 538. The summed E-state index contributed by atoms with van der Waals surface area (Å²) in [6.45, 7) is 1.64. The van der Waals surface area contributed by atoms with Crippen LogP contribution in [0.15, 0.2) is 9.68 Å². The molecule has 2 heterocycles. The molecule has 0 atom stereocenters. The average Bonchev–Trinajstić information content (AvgIpc) is 2.94. The van der Waals surface area contributed by atoms with Gasteiger partial charge in [-0.1, -0.05) is 23.8 Å². The van der Waals surface area contributed by atoms with E-state index in [1.165, 1.54) is 16.4 Å². The minimum absolute atomic E-state index is 0.276. The molecular formula is C8H10N6O3S. The Kier molecular flexibility index (Phi) is 3.87. The van der Waals surface area contributed by atoms with Gasteiger partial charge in [-0.3, -0.25) is 4.79 Å². The Morgan fingerprint density at radius 3 is 3.06 bits per heavy atom. The Labute approximate surface area is 106 Å². The van der Waals surface area contributed by atoms with Crippen molar-refractivity contribution >= 4 is 17.7 Å². The van der Waals surface area contributed by atoms with E-state index in [2.05, 4.69) is 25.7 Å². The normalized spacial score (nSPS) is 10.7. The second-order valence-electron chi connectivity index (χ2n) is 3.26. The van der Waals surface area contributed by atoms with Crippen LogP contribution < -0.4 is 0 Å². The van der Waals surface area contributed by atoms with Crippen LogP contribution in [0.3, 0.4) is 0 Å². The van der Waals surface area contributed by atoms with Crippen molar-refractivity contribution in [3.63, 3.8) is 0 Å². The second kappa shape index (κ2) is 5.58. The van der Waals surface area contributed by atoms with Crippen molar-refractivity contribution in [1.29, 1.82) is 0 Å². The number of hydrogen-bond donors (Lipinski definition) is 1. The summed E-state index contributed by atoms with van der Waals surface area (Å²) in [5.74, 6) is 0.512. The topological polar surface area (TPSA) is 120 Å².